The SMILES string of the molecule is CC1CN(CCOCCO)CC(C)N1C. The molecule has 0 aromatic rings. The molecule has 4 heteroatoms. The van der Waals surface area contributed by atoms with Gasteiger partial charge < -0.3 is 9.84 Å². The molecule has 1 aliphatic rings. The van der Waals surface area contributed by atoms with Gasteiger partial charge in [0, 0.05) is 31.7 Å². The van der Waals surface area contributed by atoms with Gasteiger partial charge in [-0.05, 0) is 20.9 Å². The van der Waals surface area contributed by atoms with Crippen molar-refractivity contribution in [3.05, 3.63) is 0 Å². The Hall–Kier alpha value is -0.160. The number of rotatable bonds is 5. The first-order valence-corrected chi connectivity index (χ1v) is 5.78. The molecule has 0 radical (unpaired) electrons. The fourth-order valence-electron chi connectivity index (χ4n) is 2.06. The fraction of sp³-hybridized carbons (Fsp3) is 1.00. The number of aliphatic hydroxyl groups is 1. The molecule has 90 valence electrons. The standard InChI is InChI=1S/C11H24N2O2/c1-10-8-13(4-6-15-7-5-14)9-11(2)12(10)3/h10-11,14H,4-9H2,1-3H3. The summed E-state index contributed by atoms with van der Waals surface area (Å²) in [6, 6.07) is 1.23. The van der Waals surface area contributed by atoms with Gasteiger partial charge in [0.15, 0.2) is 0 Å². The molecule has 1 saturated heterocycles. The average Bonchev–Trinajstić information content (AvgIpc) is 2.21. The first-order chi connectivity index (χ1) is 7.15. The van der Waals surface area contributed by atoms with Crippen LogP contribution in [0.5, 0.6) is 0 Å². The Bertz CT molecular complexity index is 166. The summed E-state index contributed by atoms with van der Waals surface area (Å²) in [5, 5.41) is 8.58. The summed E-state index contributed by atoms with van der Waals surface area (Å²) < 4.78 is 5.28. The number of hydrogen-bond acceptors (Lipinski definition) is 4. The van der Waals surface area contributed by atoms with Crippen LogP contribution in [0.4, 0.5) is 0 Å². The van der Waals surface area contributed by atoms with E-state index in [4.69, 9.17) is 9.84 Å². The lowest BCUT2D eigenvalue weighted by molar-refractivity contribution is 0.0278. The second-order valence-electron chi connectivity index (χ2n) is 4.46. The van der Waals surface area contributed by atoms with Crippen LogP contribution >= 0.6 is 0 Å². The van der Waals surface area contributed by atoms with Crippen molar-refractivity contribution in [2.75, 3.05) is 46.5 Å². The molecule has 1 rings (SSSR count). The van der Waals surface area contributed by atoms with Crippen LogP contribution in [-0.4, -0.2) is 73.5 Å². The zero-order valence-electron chi connectivity index (χ0n) is 10.1. The van der Waals surface area contributed by atoms with Gasteiger partial charge in [0.1, 0.15) is 0 Å². The number of piperazine rings is 1. The maximum absolute atomic E-state index is 8.58. The van der Waals surface area contributed by atoms with Gasteiger partial charge in [0.25, 0.3) is 0 Å². The molecule has 0 aromatic carbocycles. The number of ether oxygens (including phenoxy) is 1. The number of nitrogens with zero attached hydrogens (tertiary/aromatic N) is 2. The Labute approximate surface area is 92.8 Å². The van der Waals surface area contributed by atoms with E-state index >= 15 is 0 Å². The van der Waals surface area contributed by atoms with E-state index in [1.807, 2.05) is 0 Å². The van der Waals surface area contributed by atoms with Crippen LogP contribution in [0.3, 0.4) is 0 Å². The van der Waals surface area contributed by atoms with Crippen LogP contribution < -0.4 is 0 Å². The molecule has 2 atom stereocenters. The molecular formula is C11H24N2O2. The van der Waals surface area contributed by atoms with Crippen LogP contribution in [0.15, 0.2) is 0 Å². The zero-order chi connectivity index (χ0) is 11.3. The van der Waals surface area contributed by atoms with Crippen LogP contribution in [0.25, 0.3) is 0 Å². The van der Waals surface area contributed by atoms with E-state index in [2.05, 4.69) is 30.7 Å². The van der Waals surface area contributed by atoms with Crippen molar-refractivity contribution >= 4 is 0 Å². The highest BCUT2D eigenvalue weighted by molar-refractivity contribution is 4.82. The molecule has 0 aromatic heterocycles. The smallest absolute Gasteiger partial charge is 0.0698 e. The molecular weight excluding hydrogens is 192 g/mol. The van der Waals surface area contributed by atoms with E-state index in [0.29, 0.717) is 18.7 Å². The third kappa shape index (κ3) is 4.07. The van der Waals surface area contributed by atoms with Crippen molar-refractivity contribution in [1.29, 1.82) is 0 Å². The number of aliphatic hydroxyl groups excluding tert-OH is 1. The van der Waals surface area contributed by atoms with Crippen molar-refractivity contribution in [2.45, 2.75) is 25.9 Å². The summed E-state index contributed by atoms with van der Waals surface area (Å²) in [7, 11) is 2.19. The molecule has 1 fully saturated rings. The molecule has 15 heavy (non-hydrogen) atoms. The van der Waals surface area contributed by atoms with Gasteiger partial charge in [-0.3, -0.25) is 9.80 Å². The molecule has 0 spiro atoms. The quantitative estimate of drug-likeness (QED) is 0.657. The summed E-state index contributed by atoms with van der Waals surface area (Å²) in [5.74, 6) is 0. The van der Waals surface area contributed by atoms with Crippen LogP contribution in [-0.2, 0) is 4.74 Å². The van der Waals surface area contributed by atoms with E-state index in [9.17, 15) is 0 Å². The van der Waals surface area contributed by atoms with Crippen molar-refractivity contribution in [2.24, 2.45) is 0 Å². The fourth-order valence-corrected chi connectivity index (χ4v) is 2.06. The summed E-state index contributed by atoms with van der Waals surface area (Å²) >= 11 is 0. The minimum atomic E-state index is 0.121. The predicted octanol–water partition coefficient (Wildman–Crippen LogP) is 0.0197. The Kier molecular flexibility index (Phi) is 5.53. The maximum atomic E-state index is 8.58. The topological polar surface area (TPSA) is 35.9 Å². The molecule has 1 heterocycles. The van der Waals surface area contributed by atoms with E-state index in [-0.39, 0.29) is 6.61 Å². The molecule has 0 bridgehead atoms. The van der Waals surface area contributed by atoms with Gasteiger partial charge >= 0.3 is 0 Å². The van der Waals surface area contributed by atoms with Crippen molar-refractivity contribution in [1.82, 2.24) is 9.80 Å². The average molecular weight is 216 g/mol. The van der Waals surface area contributed by atoms with Crippen LogP contribution in [0.2, 0.25) is 0 Å². The highest BCUT2D eigenvalue weighted by atomic mass is 16.5. The molecule has 4 nitrogen and oxygen atoms in total. The Morgan fingerprint density at radius 1 is 1.20 bits per heavy atom. The van der Waals surface area contributed by atoms with Gasteiger partial charge in [-0.1, -0.05) is 0 Å². The van der Waals surface area contributed by atoms with Crippen molar-refractivity contribution < 1.29 is 9.84 Å². The Balaban J connectivity index is 2.20. The normalized spacial score (nSPS) is 29.6. The van der Waals surface area contributed by atoms with Gasteiger partial charge in [-0.25, -0.2) is 0 Å². The minimum Gasteiger partial charge on any atom is -0.394 e. The molecule has 1 N–H and O–H groups in total. The van der Waals surface area contributed by atoms with Gasteiger partial charge in [-0.2, -0.15) is 0 Å². The first-order valence-electron chi connectivity index (χ1n) is 5.78. The van der Waals surface area contributed by atoms with Crippen LogP contribution in [0, 0.1) is 0 Å². The molecule has 0 saturated carbocycles. The van der Waals surface area contributed by atoms with Gasteiger partial charge in [0.05, 0.1) is 19.8 Å². The third-order valence-electron chi connectivity index (χ3n) is 3.22. The lowest BCUT2D eigenvalue weighted by atomic mass is 10.1. The van der Waals surface area contributed by atoms with Crippen molar-refractivity contribution in [3.63, 3.8) is 0 Å². The lowest BCUT2D eigenvalue weighted by Gasteiger charge is -2.42. The van der Waals surface area contributed by atoms with Gasteiger partial charge in [0.2, 0.25) is 0 Å². The first kappa shape index (κ1) is 12.9. The monoisotopic (exact) mass is 216 g/mol. The molecule has 0 amide bonds. The number of likely N-dealkylation sites (N-methyl/N-ethyl adjacent to an activating group) is 1. The summed E-state index contributed by atoms with van der Waals surface area (Å²) in [5.41, 5.74) is 0. The van der Waals surface area contributed by atoms with Crippen LogP contribution in [0.1, 0.15) is 13.8 Å². The second kappa shape index (κ2) is 6.43. The number of hydrogen-bond donors (Lipinski definition) is 1. The van der Waals surface area contributed by atoms with E-state index in [0.717, 1.165) is 26.2 Å². The minimum absolute atomic E-state index is 0.121. The molecule has 1 aliphatic heterocycles. The van der Waals surface area contributed by atoms with E-state index in [1.54, 1.807) is 0 Å². The lowest BCUT2D eigenvalue weighted by Crippen LogP contribution is -2.55. The Morgan fingerprint density at radius 3 is 2.33 bits per heavy atom. The molecule has 2 unspecified atom stereocenters. The largest absolute Gasteiger partial charge is 0.394 e. The van der Waals surface area contributed by atoms with Gasteiger partial charge in [-0.15, -0.1) is 0 Å². The van der Waals surface area contributed by atoms with Crippen molar-refractivity contribution in [3.8, 4) is 0 Å². The summed E-state index contributed by atoms with van der Waals surface area (Å²) in [6.07, 6.45) is 0. The van der Waals surface area contributed by atoms with E-state index in [1.165, 1.54) is 0 Å². The van der Waals surface area contributed by atoms with E-state index < -0.39 is 0 Å². The summed E-state index contributed by atoms with van der Waals surface area (Å²) in [4.78, 5) is 4.86. The second-order valence-corrected chi connectivity index (χ2v) is 4.46. The zero-order valence-corrected chi connectivity index (χ0v) is 10.1. The highest BCUT2D eigenvalue weighted by Crippen LogP contribution is 2.12. The maximum Gasteiger partial charge on any atom is 0.0698 e. The third-order valence-corrected chi connectivity index (χ3v) is 3.22. The summed E-state index contributed by atoms with van der Waals surface area (Å²) in [6.45, 7) is 9.03. The highest BCUT2D eigenvalue weighted by Gasteiger charge is 2.25. The predicted molar refractivity (Wildman–Crippen MR) is 61.0 cm³/mol. The molecule has 0 aliphatic carbocycles. The Morgan fingerprint density at radius 2 is 1.80 bits per heavy atom.